The van der Waals surface area contributed by atoms with E-state index in [0.29, 0.717) is 5.69 Å². The predicted octanol–water partition coefficient (Wildman–Crippen LogP) is 2.29. The van der Waals surface area contributed by atoms with Crippen molar-refractivity contribution >= 4 is 11.6 Å². The summed E-state index contributed by atoms with van der Waals surface area (Å²) in [5, 5.41) is 6.84. The molecule has 5 nitrogen and oxygen atoms in total. The fourth-order valence-electron chi connectivity index (χ4n) is 2.34. The maximum atomic E-state index is 12.1. The summed E-state index contributed by atoms with van der Waals surface area (Å²) in [6, 6.07) is 7.23. The first-order chi connectivity index (χ1) is 9.49. The lowest BCUT2D eigenvalue weighted by Crippen LogP contribution is -2.28. The van der Waals surface area contributed by atoms with Gasteiger partial charge in [0, 0.05) is 11.3 Å². The number of nitrogens with one attached hydrogen (secondary N) is 1. The number of carbonyl (C=O) groups is 1. The van der Waals surface area contributed by atoms with Crippen LogP contribution in [0, 0.1) is 13.8 Å². The number of nitrogens with two attached hydrogens (primary N) is 1. The fraction of sp³-hybridized carbons (Fsp3) is 0.333. The fourth-order valence-corrected chi connectivity index (χ4v) is 2.34. The molecule has 0 bridgehead atoms. The molecular formula is C15H19N3O2. The van der Waals surface area contributed by atoms with Gasteiger partial charge >= 0.3 is 0 Å². The van der Waals surface area contributed by atoms with E-state index in [-0.39, 0.29) is 18.4 Å². The van der Waals surface area contributed by atoms with Gasteiger partial charge in [0.2, 0.25) is 5.91 Å². The molecule has 0 radical (unpaired) electrons. The Kier molecular flexibility index (Phi) is 4.08. The Labute approximate surface area is 118 Å². The normalized spacial score (nSPS) is 12.2. The Morgan fingerprint density at radius 3 is 2.70 bits per heavy atom. The Hall–Kier alpha value is -2.30. The van der Waals surface area contributed by atoms with Gasteiger partial charge in [-0.2, -0.15) is 0 Å². The first-order valence-corrected chi connectivity index (χ1v) is 6.54. The van der Waals surface area contributed by atoms with Gasteiger partial charge < -0.3 is 15.6 Å². The summed E-state index contributed by atoms with van der Waals surface area (Å²) in [4.78, 5) is 12.1. The van der Waals surface area contributed by atoms with Crippen molar-refractivity contribution in [3.63, 3.8) is 0 Å². The minimum atomic E-state index is -0.140. The number of aryl methyl sites for hydroxylation is 2. The molecule has 0 saturated heterocycles. The Morgan fingerprint density at radius 2 is 2.10 bits per heavy atom. The van der Waals surface area contributed by atoms with Crippen LogP contribution in [0.1, 0.15) is 35.5 Å². The van der Waals surface area contributed by atoms with E-state index < -0.39 is 0 Å². The van der Waals surface area contributed by atoms with Crippen LogP contribution in [0.4, 0.5) is 5.69 Å². The van der Waals surface area contributed by atoms with Crippen LogP contribution in [-0.4, -0.2) is 11.1 Å². The van der Waals surface area contributed by atoms with Crippen molar-refractivity contribution in [2.45, 2.75) is 33.2 Å². The average Bonchev–Trinajstić information content (AvgIpc) is 2.72. The first kappa shape index (κ1) is 14.1. The number of carbonyl (C=O) groups excluding carboxylic acids is 1. The van der Waals surface area contributed by atoms with E-state index in [4.69, 9.17) is 10.3 Å². The van der Waals surface area contributed by atoms with Crippen LogP contribution < -0.4 is 11.1 Å². The maximum Gasteiger partial charge on any atom is 0.224 e. The largest absolute Gasteiger partial charge is 0.398 e. The topological polar surface area (TPSA) is 81.2 Å². The quantitative estimate of drug-likeness (QED) is 0.837. The summed E-state index contributed by atoms with van der Waals surface area (Å²) in [6.07, 6.45) is 0.264. The molecule has 1 aromatic carbocycles. The van der Waals surface area contributed by atoms with Crippen molar-refractivity contribution in [1.29, 1.82) is 0 Å². The van der Waals surface area contributed by atoms with E-state index in [1.54, 1.807) is 6.07 Å². The molecule has 0 fully saturated rings. The van der Waals surface area contributed by atoms with Crippen molar-refractivity contribution in [3.8, 4) is 0 Å². The van der Waals surface area contributed by atoms with Gasteiger partial charge in [-0.15, -0.1) is 0 Å². The average molecular weight is 273 g/mol. The molecule has 0 saturated carbocycles. The molecule has 0 spiro atoms. The Bertz CT molecular complexity index is 600. The number of nitrogens with zero attached hydrogens (tertiary/aromatic N) is 1. The molecular weight excluding hydrogens is 254 g/mol. The Balaban J connectivity index is 2.04. The minimum Gasteiger partial charge on any atom is -0.398 e. The number of nitrogen functional groups attached to an aromatic ring is 1. The molecule has 2 rings (SSSR count). The molecule has 5 heteroatoms. The molecule has 1 heterocycles. The highest BCUT2D eigenvalue weighted by Crippen LogP contribution is 2.21. The van der Waals surface area contributed by atoms with Crippen LogP contribution in [0.3, 0.4) is 0 Å². The zero-order valence-electron chi connectivity index (χ0n) is 11.9. The number of para-hydroxylation sites is 1. The number of rotatable bonds is 4. The van der Waals surface area contributed by atoms with Gasteiger partial charge in [0.25, 0.3) is 0 Å². The second-order valence-electron chi connectivity index (χ2n) is 4.90. The summed E-state index contributed by atoms with van der Waals surface area (Å²) < 4.78 is 5.11. The van der Waals surface area contributed by atoms with Crippen molar-refractivity contribution in [2.75, 3.05) is 5.73 Å². The minimum absolute atomic E-state index is 0.0737. The second kappa shape index (κ2) is 5.77. The van der Waals surface area contributed by atoms with Gasteiger partial charge in [0.05, 0.1) is 18.2 Å². The lowest BCUT2D eigenvalue weighted by atomic mass is 10.1. The van der Waals surface area contributed by atoms with Gasteiger partial charge in [0.1, 0.15) is 5.76 Å². The molecule has 1 amide bonds. The molecule has 106 valence electrons. The van der Waals surface area contributed by atoms with E-state index in [1.165, 1.54) is 0 Å². The van der Waals surface area contributed by atoms with E-state index in [9.17, 15) is 4.79 Å². The number of hydrogen-bond donors (Lipinski definition) is 2. The van der Waals surface area contributed by atoms with Crippen molar-refractivity contribution in [3.05, 3.63) is 46.8 Å². The number of benzene rings is 1. The van der Waals surface area contributed by atoms with E-state index >= 15 is 0 Å². The molecule has 1 aromatic heterocycles. The van der Waals surface area contributed by atoms with Gasteiger partial charge in [-0.25, -0.2) is 0 Å². The van der Waals surface area contributed by atoms with Crippen molar-refractivity contribution in [1.82, 2.24) is 10.5 Å². The third-order valence-electron chi connectivity index (χ3n) is 3.31. The van der Waals surface area contributed by atoms with E-state index in [2.05, 4.69) is 10.5 Å². The highest BCUT2D eigenvalue weighted by atomic mass is 16.5. The van der Waals surface area contributed by atoms with Crippen LogP contribution in [-0.2, 0) is 11.2 Å². The van der Waals surface area contributed by atoms with E-state index in [0.717, 1.165) is 22.6 Å². The smallest absolute Gasteiger partial charge is 0.224 e. The molecule has 2 aromatic rings. The zero-order valence-corrected chi connectivity index (χ0v) is 11.9. The summed E-state index contributed by atoms with van der Waals surface area (Å²) in [7, 11) is 0. The number of anilines is 1. The summed E-state index contributed by atoms with van der Waals surface area (Å²) >= 11 is 0. The van der Waals surface area contributed by atoms with Crippen LogP contribution >= 0.6 is 0 Å². The third kappa shape index (κ3) is 2.99. The van der Waals surface area contributed by atoms with Gasteiger partial charge in [-0.3, -0.25) is 4.79 Å². The summed E-state index contributed by atoms with van der Waals surface area (Å²) in [6.45, 7) is 5.62. The number of amides is 1. The molecule has 3 N–H and O–H groups in total. The van der Waals surface area contributed by atoms with Crippen LogP contribution in [0.25, 0.3) is 0 Å². The van der Waals surface area contributed by atoms with Gasteiger partial charge in [0.15, 0.2) is 0 Å². The first-order valence-electron chi connectivity index (χ1n) is 6.54. The third-order valence-corrected chi connectivity index (χ3v) is 3.31. The van der Waals surface area contributed by atoms with E-state index in [1.807, 2.05) is 39.0 Å². The molecule has 0 aliphatic heterocycles. The number of aromatic nitrogens is 1. The molecule has 1 unspecified atom stereocenters. The highest BCUT2D eigenvalue weighted by molar-refractivity contribution is 5.80. The highest BCUT2D eigenvalue weighted by Gasteiger charge is 2.18. The molecule has 0 aliphatic carbocycles. The molecule has 20 heavy (non-hydrogen) atoms. The van der Waals surface area contributed by atoms with Crippen molar-refractivity contribution in [2.24, 2.45) is 0 Å². The second-order valence-corrected chi connectivity index (χ2v) is 4.90. The maximum absolute atomic E-state index is 12.1. The molecule has 1 atom stereocenters. The standard InChI is InChI=1S/C15H19N3O2/c1-9(15-10(2)18-20-11(15)3)17-14(19)8-12-6-4-5-7-13(12)16/h4-7,9H,8,16H2,1-3H3,(H,17,19). The SMILES string of the molecule is Cc1noc(C)c1C(C)NC(=O)Cc1ccccc1N. The summed E-state index contributed by atoms with van der Waals surface area (Å²) in [5.74, 6) is 0.657. The zero-order chi connectivity index (χ0) is 14.7. The summed E-state index contributed by atoms with van der Waals surface area (Å²) in [5.41, 5.74) is 9.03. The van der Waals surface area contributed by atoms with Gasteiger partial charge in [-0.1, -0.05) is 23.4 Å². The number of hydrogen-bond acceptors (Lipinski definition) is 4. The lowest BCUT2D eigenvalue weighted by molar-refractivity contribution is -0.121. The monoisotopic (exact) mass is 273 g/mol. The van der Waals surface area contributed by atoms with Crippen LogP contribution in [0.2, 0.25) is 0 Å². The van der Waals surface area contributed by atoms with Gasteiger partial charge in [-0.05, 0) is 32.4 Å². The lowest BCUT2D eigenvalue weighted by Gasteiger charge is -2.14. The van der Waals surface area contributed by atoms with Crippen LogP contribution in [0.5, 0.6) is 0 Å². The predicted molar refractivity (Wildman–Crippen MR) is 77.1 cm³/mol. The molecule has 0 aliphatic rings. The Morgan fingerprint density at radius 1 is 1.40 bits per heavy atom. The van der Waals surface area contributed by atoms with Crippen LogP contribution in [0.15, 0.2) is 28.8 Å². The van der Waals surface area contributed by atoms with Crippen molar-refractivity contribution < 1.29 is 9.32 Å².